The van der Waals surface area contributed by atoms with Gasteiger partial charge in [0.05, 0.1) is 0 Å². The molecular formula is C15H22ClN3O2. The lowest BCUT2D eigenvalue weighted by Crippen LogP contribution is -2.35. The number of halogens is 1. The Hall–Kier alpha value is -1.59. The van der Waals surface area contributed by atoms with Gasteiger partial charge in [0.25, 0.3) is 0 Å². The molecule has 116 valence electrons. The van der Waals surface area contributed by atoms with E-state index >= 15 is 0 Å². The van der Waals surface area contributed by atoms with Gasteiger partial charge in [0, 0.05) is 23.7 Å². The average molecular weight is 312 g/mol. The molecular weight excluding hydrogens is 290 g/mol. The van der Waals surface area contributed by atoms with E-state index in [9.17, 15) is 9.59 Å². The van der Waals surface area contributed by atoms with Crippen LogP contribution in [0.1, 0.15) is 42.5 Å². The second kappa shape index (κ2) is 8.00. The van der Waals surface area contributed by atoms with Crippen LogP contribution in [0.5, 0.6) is 0 Å². The lowest BCUT2D eigenvalue weighted by atomic mass is 9.83. The van der Waals surface area contributed by atoms with E-state index in [4.69, 9.17) is 11.5 Å². The zero-order valence-corrected chi connectivity index (χ0v) is 12.7. The van der Waals surface area contributed by atoms with E-state index in [1.165, 1.54) is 0 Å². The molecule has 21 heavy (non-hydrogen) atoms. The summed E-state index contributed by atoms with van der Waals surface area (Å²) in [5.41, 5.74) is 12.2. The maximum absolute atomic E-state index is 12.0. The molecule has 0 aliphatic heterocycles. The second-order valence-corrected chi connectivity index (χ2v) is 5.41. The first-order valence-electron chi connectivity index (χ1n) is 7.01. The van der Waals surface area contributed by atoms with Crippen molar-refractivity contribution < 1.29 is 9.59 Å². The Morgan fingerprint density at radius 2 is 1.95 bits per heavy atom. The summed E-state index contributed by atoms with van der Waals surface area (Å²) in [6.07, 6.45) is 4.73. The quantitative estimate of drug-likeness (QED) is 0.793. The molecule has 2 unspecified atom stereocenters. The fourth-order valence-corrected chi connectivity index (χ4v) is 2.69. The molecule has 0 spiro atoms. The first-order chi connectivity index (χ1) is 9.56. The summed E-state index contributed by atoms with van der Waals surface area (Å²) in [4.78, 5) is 23.1. The van der Waals surface area contributed by atoms with Crippen LogP contribution in [0.2, 0.25) is 0 Å². The second-order valence-electron chi connectivity index (χ2n) is 5.41. The van der Waals surface area contributed by atoms with E-state index in [1.54, 1.807) is 24.3 Å². The monoisotopic (exact) mass is 311 g/mol. The van der Waals surface area contributed by atoms with Crippen LogP contribution in [0.4, 0.5) is 5.69 Å². The van der Waals surface area contributed by atoms with Gasteiger partial charge in [0.1, 0.15) is 0 Å². The van der Waals surface area contributed by atoms with Gasteiger partial charge < -0.3 is 16.8 Å². The number of nitrogens with one attached hydrogen (secondary N) is 1. The number of carbonyl (C=O) groups is 2. The summed E-state index contributed by atoms with van der Waals surface area (Å²) in [6, 6.07) is 6.76. The maximum Gasteiger partial charge on any atom is 0.248 e. The summed E-state index contributed by atoms with van der Waals surface area (Å²) in [5, 5.41) is 2.80. The molecule has 0 aromatic heterocycles. The fraction of sp³-hybridized carbons (Fsp3) is 0.467. The molecule has 2 amide bonds. The van der Waals surface area contributed by atoms with Gasteiger partial charge in [-0.25, -0.2) is 0 Å². The number of nitrogens with two attached hydrogens (primary N) is 2. The predicted octanol–water partition coefficient (Wildman–Crippen LogP) is 2.05. The van der Waals surface area contributed by atoms with Gasteiger partial charge >= 0.3 is 0 Å². The molecule has 6 heteroatoms. The van der Waals surface area contributed by atoms with Crippen LogP contribution in [0, 0.1) is 5.92 Å². The van der Waals surface area contributed by atoms with Crippen LogP contribution in [-0.2, 0) is 4.79 Å². The lowest BCUT2D eigenvalue weighted by molar-refractivity contribution is -0.117. The summed E-state index contributed by atoms with van der Waals surface area (Å²) in [7, 11) is 0. The van der Waals surface area contributed by atoms with Crippen molar-refractivity contribution in [2.45, 2.75) is 38.1 Å². The third-order valence-corrected chi connectivity index (χ3v) is 3.85. The van der Waals surface area contributed by atoms with Crippen LogP contribution < -0.4 is 16.8 Å². The molecule has 1 aliphatic rings. The summed E-state index contributed by atoms with van der Waals surface area (Å²) in [6.45, 7) is 0. The van der Waals surface area contributed by atoms with Gasteiger partial charge in [-0.1, -0.05) is 18.9 Å². The summed E-state index contributed by atoms with van der Waals surface area (Å²) >= 11 is 0. The fourth-order valence-electron chi connectivity index (χ4n) is 2.69. The molecule has 0 bridgehead atoms. The van der Waals surface area contributed by atoms with Crippen LogP contribution in [-0.4, -0.2) is 17.9 Å². The number of benzene rings is 1. The van der Waals surface area contributed by atoms with Gasteiger partial charge in [-0.3, -0.25) is 9.59 Å². The Labute approximate surface area is 130 Å². The molecule has 1 aromatic carbocycles. The molecule has 1 fully saturated rings. The topological polar surface area (TPSA) is 98.2 Å². The van der Waals surface area contributed by atoms with Crippen molar-refractivity contribution in [3.05, 3.63) is 29.8 Å². The van der Waals surface area contributed by atoms with Gasteiger partial charge in [0.2, 0.25) is 11.8 Å². The first kappa shape index (κ1) is 17.5. The highest BCUT2D eigenvalue weighted by Gasteiger charge is 2.24. The minimum absolute atomic E-state index is 0. The number of hydrogen-bond acceptors (Lipinski definition) is 3. The molecule has 2 atom stereocenters. The van der Waals surface area contributed by atoms with Crippen molar-refractivity contribution in [1.29, 1.82) is 0 Å². The summed E-state index contributed by atoms with van der Waals surface area (Å²) < 4.78 is 0. The van der Waals surface area contributed by atoms with Crippen molar-refractivity contribution in [3.63, 3.8) is 0 Å². The molecule has 1 aliphatic carbocycles. The zero-order chi connectivity index (χ0) is 14.5. The standard InChI is InChI=1S/C15H21N3O2.ClH/c16-13-7-2-1-4-10(13)9-14(19)18-12-6-3-5-11(8-12)15(17)20;/h3,5-6,8,10,13H,1-2,4,7,9,16H2,(H2,17,20)(H,18,19);1H. The Bertz CT molecular complexity index is 507. The summed E-state index contributed by atoms with van der Waals surface area (Å²) in [5.74, 6) is -0.313. The predicted molar refractivity (Wildman–Crippen MR) is 85.4 cm³/mol. The minimum atomic E-state index is -0.504. The van der Waals surface area contributed by atoms with Gasteiger partial charge in [-0.15, -0.1) is 12.4 Å². The van der Waals surface area contributed by atoms with E-state index in [-0.39, 0.29) is 30.3 Å². The van der Waals surface area contributed by atoms with Crippen molar-refractivity contribution in [2.75, 3.05) is 5.32 Å². The van der Waals surface area contributed by atoms with E-state index in [1.807, 2.05) is 0 Å². The number of carbonyl (C=O) groups excluding carboxylic acids is 2. The third-order valence-electron chi connectivity index (χ3n) is 3.85. The smallest absolute Gasteiger partial charge is 0.248 e. The molecule has 1 saturated carbocycles. The normalized spacial score (nSPS) is 21.2. The van der Waals surface area contributed by atoms with Gasteiger partial charge in [-0.05, 0) is 37.0 Å². The highest BCUT2D eigenvalue weighted by Crippen LogP contribution is 2.26. The molecule has 5 N–H and O–H groups in total. The molecule has 5 nitrogen and oxygen atoms in total. The third kappa shape index (κ3) is 5.02. The van der Waals surface area contributed by atoms with E-state index in [0.717, 1.165) is 25.7 Å². The van der Waals surface area contributed by atoms with Crippen molar-refractivity contribution in [1.82, 2.24) is 0 Å². The Balaban J connectivity index is 0.00000220. The van der Waals surface area contributed by atoms with E-state index in [2.05, 4.69) is 5.32 Å². The van der Waals surface area contributed by atoms with Crippen LogP contribution in [0.25, 0.3) is 0 Å². The Morgan fingerprint density at radius 3 is 2.62 bits per heavy atom. The highest BCUT2D eigenvalue weighted by molar-refractivity contribution is 5.96. The van der Waals surface area contributed by atoms with Crippen LogP contribution >= 0.6 is 12.4 Å². The first-order valence-corrected chi connectivity index (χ1v) is 7.01. The van der Waals surface area contributed by atoms with Gasteiger partial charge in [0.15, 0.2) is 0 Å². The van der Waals surface area contributed by atoms with Crippen LogP contribution in [0.15, 0.2) is 24.3 Å². The number of hydrogen-bond donors (Lipinski definition) is 3. The minimum Gasteiger partial charge on any atom is -0.366 e. The largest absolute Gasteiger partial charge is 0.366 e. The average Bonchev–Trinajstić information content (AvgIpc) is 2.41. The van der Waals surface area contributed by atoms with Crippen molar-refractivity contribution in [2.24, 2.45) is 17.4 Å². The van der Waals surface area contributed by atoms with Crippen molar-refractivity contribution >= 4 is 29.9 Å². The molecule has 0 radical (unpaired) electrons. The van der Waals surface area contributed by atoms with Crippen LogP contribution in [0.3, 0.4) is 0 Å². The zero-order valence-electron chi connectivity index (χ0n) is 11.9. The number of rotatable bonds is 4. The number of anilines is 1. The number of amides is 2. The van der Waals surface area contributed by atoms with Crippen molar-refractivity contribution in [3.8, 4) is 0 Å². The molecule has 0 saturated heterocycles. The van der Waals surface area contributed by atoms with Gasteiger partial charge in [-0.2, -0.15) is 0 Å². The lowest BCUT2D eigenvalue weighted by Gasteiger charge is -2.27. The van der Waals surface area contributed by atoms with E-state index in [0.29, 0.717) is 17.7 Å². The molecule has 0 heterocycles. The maximum atomic E-state index is 12.0. The molecule has 1 aromatic rings. The highest BCUT2D eigenvalue weighted by atomic mass is 35.5. The van der Waals surface area contributed by atoms with E-state index < -0.39 is 5.91 Å². The molecule has 2 rings (SSSR count). The Kier molecular flexibility index (Phi) is 6.65. The Morgan fingerprint density at radius 1 is 1.24 bits per heavy atom. The SMILES string of the molecule is Cl.NC(=O)c1cccc(NC(=O)CC2CCCCC2N)c1. The number of primary amides is 1.